The van der Waals surface area contributed by atoms with Gasteiger partial charge in [0, 0.05) is 16.9 Å². The third-order valence-corrected chi connectivity index (χ3v) is 3.84. The molecule has 0 saturated carbocycles. The average molecular weight is 316 g/mol. The molecule has 0 aliphatic carbocycles. The van der Waals surface area contributed by atoms with E-state index in [1.54, 1.807) is 25.3 Å². The first-order chi connectivity index (χ1) is 8.43. The van der Waals surface area contributed by atoms with Gasteiger partial charge in [0.2, 0.25) is 0 Å². The molecule has 1 aromatic rings. The van der Waals surface area contributed by atoms with Gasteiger partial charge >= 0.3 is 0 Å². The largest absolute Gasteiger partial charge is 0.497 e. The first-order valence-corrected chi connectivity index (χ1v) is 6.66. The summed E-state index contributed by atoms with van der Waals surface area (Å²) in [5.41, 5.74) is 0.175. The van der Waals surface area contributed by atoms with Gasteiger partial charge in [-0.25, -0.2) is 0 Å². The second-order valence-corrected chi connectivity index (χ2v) is 5.10. The molecule has 0 heterocycles. The van der Waals surface area contributed by atoms with Crippen LogP contribution in [0.15, 0.2) is 18.2 Å². The maximum absolute atomic E-state index is 12.1. The van der Waals surface area contributed by atoms with Gasteiger partial charge in [0.25, 0.3) is 5.91 Å². The van der Waals surface area contributed by atoms with Crippen molar-refractivity contribution in [2.24, 2.45) is 0 Å². The molecule has 0 saturated heterocycles. The molecule has 0 aromatic heterocycles. The maximum Gasteiger partial charge on any atom is 0.255 e. The Morgan fingerprint density at radius 1 is 1.33 bits per heavy atom. The van der Waals surface area contributed by atoms with Crippen molar-refractivity contribution in [3.8, 4) is 11.5 Å². The maximum atomic E-state index is 12.1. The zero-order valence-electron chi connectivity index (χ0n) is 11.0. The van der Waals surface area contributed by atoms with Crippen LogP contribution in [0, 0.1) is 0 Å². The number of ether oxygens (including phenoxy) is 2. The van der Waals surface area contributed by atoms with Gasteiger partial charge in [-0.15, -0.1) is 0 Å². The van der Waals surface area contributed by atoms with Crippen molar-refractivity contribution in [1.82, 2.24) is 5.32 Å². The Morgan fingerprint density at radius 2 is 2.00 bits per heavy atom. The minimum atomic E-state index is -0.317. The number of amides is 1. The molecule has 4 nitrogen and oxygen atoms in total. The molecule has 0 fully saturated rings. The molecule has 1 amide bonds. The number of carbonyl (C=O) groups excluding carboxylic acids is 1. The summed E-state index contributed by atoms with van der Waals surface area (Å²) in [6.07, 6.45) is 0. The van der Waals surface area contributed by atoms with E-state index < -0.39 is 0 Å². The Balaban J connectivity index is 2.99. The van der Waals surface area contributed by atoms with Crippen molar-refractivity contribution in [3.63, 3.8) is 0 Å². The molecule has 1 rings (SSSR count). The molecule has 0 radical (unpaired) electrons. The molecule has 0 aliphatic rings. The highest BCUT2D eigenvalue weighted by molar-refractivity contribution is 9.09. The van der Waals surface area contributed by atoms with Gasteiger partial charge in [-0.2, -0.15) is 0 Å². The Kier molecular flexibility index (Phi) is 5.02. The lowest BCUT2D eigenvalue weighted by atomic mass is 10.1. The minimum absolute atomic E-state index is 0.168. The predicted molar refractivity (Wildman–Crippen MR) is 74.9 cm³/mol. The van der Waals surface area contributed by atoms with Crippen LogP contribution < -0.4 is 14.8 Å². The molecule has 0 atom stereocenters. The highest BCUT2D eigenvalue weighted by Gasteiger charge is 2.22. The van der Waals surface area contributed by atoms with E-state index in [-0.39, 0.29) is 11.4 Å². The van der Waals surface area contributed by atoms with Crippen LogP contribution in [0.1, 0.15) is 24.2 Å². The summed E-state index contributed by atoms with van der Waals surface area (Å²) in [6, 6.07) is 5.12. The van der Waals surface area contributed by atoms with Crippen LogP contribution in [0.2, 0.25) is 0 Å². The third kappa shape index (κ3) is 3.63. The van der Waals surface area contributed by atoms with Crippen molar-refractivity contribution in [2.45, 2.75) is 19.4 Å². The smallest absolute Gasteiger partial charge is 0.255 e. The second-order valence-electron chi connectivity index (χ2n) is 4.54. The first kappa shape index (κ1) is 14.8. The van der Waals surface area contributed by atoms with E-state index in [0.717, 1.165) is 0 Å². The summed E-state index contributed by atoms with van der Waals surface area (Å²) in [5, 5.41) is 3.60. The fraction of sp³-hybridized carbons (Fsp3) is 0.462. The highest BCUT2D eigenvalue weighted by atomic mass is 79.9. The van der Waals surface area contributed by atoms with E-state index in [1.807, 2.05) is 13.8 Å². The standard InChI is InChI=1S/C13H18BrNO3/c1-13(2,8-14)15-12(16)10-6-5-9(17-3)7-11(10)18-4/h5-7H,8H2,1-4H3,(H,15,16). The zero-order valence-corrected chi connectivity index (χ0v) is 12.6. The van der Waals surface area contributed by atoms with Gasteiger partial charge in [-0.05, 0) is 26.0 Å². The lowest BCUT2D eigenvalue weighted by Gasteiger charge is -2.24. The highest BCUT2D eigenvalue weighted by Crippen LogP contribution is 2.25. The molecule has 0 unspecified atom stereocenters. The molecule has 100 valence electrons. The quantitative estimate of drug-likeness (QED) is 0.850. The number of alkyl halides is 1. The molecule has 0 bridgehead atoms. The Morgan fingerprint density at radius 3 is 2.50 bits per heavy atom. The number of hydrogen-bond donors (Lipinski definition) is 1. The molecule has 5 heteroatoms. The van der Waals surface area contributed by atoms with Gasteiger partial charge in [0.1, 0.15) is 11.5 Å². The molecular formula is C13H18BrNO3. The van der Waals surface area contributed by atoms with Crippen molar-refractivity contribution < 1.29 is 14.3 Å². The van der Waals surface area contributed by atoms with Crippen LogP contribution in [-0.4, -0.2) is 31.0 Å². The average Bonchev–Trinajstić information content (AvgIpc) is 2.37. The predicted octanol–water partition coefficient (Wildman–Crippen LogP) is 2.61. The summed E-state index contributed by atoms with van der Waals surface area (Å²) in [5.74, 6) is 0.985. The number of nitrogens with one attached hydrogen (secondary N) is 1. The molecular weight excluding hydrogens is 298 g/mol. The van der Waals surface area contributed by atoms with Crippen molar-refractivity contribution >= 4 is 21.8 Å². The summed E-state index contributed by atoms with van der Waals surface area (Å²) >= 11 is 3.36. The number of halogens is 1. The van der Waals surface area contributed by atoms with E-state index in [9.17, 15) is 4.79 Å². The molecule has 1 N–H and O–H groups in total. The number of benzene rings is 1. The van der Waals surface area contributed by atoms with E-state index in [2.05, 4.69) is 21.2 Å². The summed E-state index contributed by atoms with van der Waals surface area (Å²) in [6.45, 7) is 3.88. The van der Waals surface area contributed by atoms with Crippen LogP contribution >= 0.6 is 15.9 Å². The fourth-order valence-corrected chi connectivity index (χ4v) is 1.53. The Hall–Kier alpha value is -1.23. The minimum Gasteiger partial charge on any atom is -0.497 e. The second kappa shape index (κ2) is 6.09. The van der Waals surface area contributed by atoms with Gasteiger partial charge in [-0.3, -0.25) is 4.79 Å². The number of methoxy groups -OCH3 is 2. The molecule has 18 heavy (non-hydrogen) atoms. The SMILES string of the molecule is COc1ccc(C(=O)NC(C)(C)CBr)c(OC)c1. The van der Waals surface area contributed by atoms with E-state index >= 15 is 0 Å². The third-order valence-electron chi connectivity index (χ3n) is 2.44. The van der Waals surface area contributed by atoms with Crippen LogP contribution in [0.4, 0.5) is 0 Å². The zero-order chi connectivity index (χ0) is 13.8. The number of rotatable bonds is 5. The summed E-state index contributed by atoms with van der Waals surface area (Å²) < 4.78 is 10.3. The van der Waals surface area contributed by atoms with Crippen molar-refractivity contribution in [3.05, 3.63) is 23.8 Å². The first-order valence-electron chi connectivity index (χ1n) is 5.54. The van der Waals surface area contributed by atoms with Gasteiger partial charge in [0.15, 0.2) is 0 Å². The Labute approximate surface area is 116 Å². The van der Waals surface area contributed by atoms with E-state index in [1.165, 1.54) is 7.11 Å². The van der Waals surface area contributed by atoms with Gasteiger partial charge < -0.3 is 14.8 Å². The van der Waals surface area contributed by atoms with Crippen LogP contribution in [0.3, 0.4) is 0 Å². The topological polar surface area (TPSA) is 47.6 Å². The van der Waals surface area contributed by atoms with Gasteiger partial charge in [-0.1, -0.05) is 15.9 Å². The monoisotopic (exact) mass is 315 g/mol. The van der Waals surface area contributed by atoms with Crippen LogP contribution in [-0.2, 0) is 0 Å². The summed E-state index contributed by atoms with van der Waals surface area (Å²) in [7, 11) is 3.10. The van der Waals surface area contributed by atoms with Gasteiger partial charge in [0.05, 0.1) is 19.8 Å². The molecule has 0 aliphatic heterocycles. The van der Waals surface area contributed by atoms with Crippen LogP contribution in [0.25, 0.3) is 0 Å². The Bertz CT molecular complexity index is 432. The lowest BCUT2D eigenvalue weighted by molar-refractivity contribution is 0.0918. The normalized spacial score (nSPS) is 10.9. The molecule has 1 aromatic carbocycles. The van der Waals surface area contributed by atoms with E-state index in [0.29, 0.717) is 22.4 Å². The number of carbonyl (C=O) groups is 1. The summed E-state index contributed by atoms with van der Waals surface area (Å²) in [4.78, 5) is 12.1. The van der Waals surface area contributed by atoms with Crippen molar-refractivity contribution in [2.75, 3.05) is 19.5 Å². The van der Waals surface area contributed by atoms with Crippen molar-refractivity contribution in [1.29, 1.82) is 0 Å². The van der Waals surface area contributed by atoms with E-state index in [4.69, 9.17) is 9.47 Å². The lowest BCUT2D eigenvalue weighted by Crippen LogP contribution is -2.44. The fourth-order valence-electron chi connectivity index (χ4n) is 1.39. The molecule has 0 spiro atoms. The number of hydrogen-bond acceptors (Lipinski definition) is 3. The van der Waals surface area contributed by atoms with Crippen LogP contribution in [0.5, 0.6) is 11.5 Å².